The lowest BCUT2D eigenvalue weighted by Gasteiger charge is -2.48. The standard InChI is InChI=1S/C70H82ClN6O11PS/c1-48(2)77(49(3)4)89(86-39-14-31-72)87-42-37-75(36-41-85-70(52-17-8-7-9-18-52,53-21-26-56(81-5)27-22-53)54-23-28-57(82-6)29-24-54)68(78)84-44-43-83-40-38-76-69(60-30-25-55(71)47-63(60)90(76,79)80)61-45-50-15-10-32-73-34-12-19-58(64(50)73)66(61)88-67-59-20-13-35-74-33-11-16-51(65(59)74)46-62(67)69/h7-9,17-18,21-30,45-49H,10-16,19-20,32-44H2,1-6H3. The molecule has 0 saturated carbocycles. The molecule has 17 nitrogen and oxygen atoms in total. The van der Waals surface area contributed by atoms with E-state index in [-0.39, 0.29) is 82.7 Å². The molecule has 0 radical (unpaired) electrons. The number of hydrogen-bond acceptors (Lipinski definition) is 15. The number of nitriles is 1. The first-order valence-corrected chi connectivity index (χ1v) is 34.8. The first kappa shape index (κ1) is 63.6. The summed E-state index contributed by atoms with van der Waals surface area (Å²) in [4.78, 5) is 21.4. The zero-order valence-corrected chi connectivity index (χ0v) is 55.0. The SMILES string of the molecule is COc1ccc(C(OCCN(CCOP(OCCC#N)N(C(C)C)C(C)C)C(=O)OCCOCCN2C3(c4ccc(Cl)cc4S2(=O)=O)c2cc4c5c(c2Oc2c3cc3c6c2CCCN6CCC3)CCCN5CCC4)(c2ccccc2)c2ccc(OC)cc2)cc1. The molecule has 90 heavy (non-hydrogen) atoms. The smallest absolute Gasteiger partial charge is 0.409 e. The van der Waals surface area contributed by atoms with Crippen LogP contribution in [0.25, 0.3) is 0 Å². The highest BCUT2D eigenvalue weighted by molar-refractivity contribution is 7.89. The molecular formula is C70H82ClN6O11PS. The van der Waals surface area contributed by atoms with Gasteiger partial charge in [0.15, 0.2) is 0 Å². The van der Waals surface area contributed by atoms with E-state index in [9.17, 15) is 10.1 Å². The number of amides is 1. The molecule has 6 aliphatic heterocycles. The number of sulfonamides is 1. The number of benzene rings is 6. The zero-order chi connectivity index (χ0) is 62.7. The maximum atomic E-state index is 15.7. The number of rotatable bonds is 25. The lowest BCUT2D eigenvalue weighted by atomic mass is 9.70. The van der Waals surface area contributed by atoms with Crippen LogP contribution >= 0.6 is 20.1 Å². The molecule has 476 valence electrons. The molecule has 6 aromatic rings. The fourth-order valence-electron chi connectivity index (χ4n) is 14.7. The summed E-state index contributed by atoms with van der Waals surface area (Å²) < 4.78 is 86.3. The molecule has 0 aliphatic carbocycles. The molecule has 6 heterocycles. The molecule has 12 rings (SSSR count). The first-order valence-electron chi connectivity index (χ1n) is 31.8. The van der Waals surface area contributed by atoms with E-state index in [0.29, 0.717) is 22.1 Å². The third-order valence-electron chi connectivity index (χ3n) is 18.4. The van der Waals surface area contributed by atoms with Crippen LogP contribution in [0.3, 0.4) is 0 Å². The van der Waals surface area contributed by atoms with Gasteiger partial charge in [-0.15, -0.1) is 0 Å². The van der Waals surface area contributed by atoms with Gasteiger partial charge in [0.1, 0.15) is 40.7 Å². The van der Waals surface area contributed by atoms with Gasteiger partial charge in [0.2, 0.25) is 10.0 Å². The highest BCUT2D eigenvalue weighted by atomic mass is 35.5. The van der Waals surface area contributed by atoms with Crippen molar-refractivity contribution in [2.24, 2.45) is 0 Å². The van der Waals surface area contributed by atoms with Gasteiger partial charge in [-0.1, -0.05) is 72.3 Å². The fraction of sp³-hybridized carbons (Fsp3) is 0.457. The normalized spacial score (nSPS) is 17.0. The summed E-state index contributed by atoms with van der Waals surface area (Å²) in [6.45, 7) is 12.6. The van der Waals surface area contributed by atoms with E-state index < -0.39 is 35.8 Å². The molecule has 0 aromatic heterocycles. The van der Waals surface area contributed by atoms with E-state index in [1.165, 1.54) is 22.5 Å². The van der Waals surface area contributed by atoms with Crippen molar-refractivity contribution in [2.75, 3.05) is 109 Å². The predicted molar refractivity (Wildman–Crippen MR) is 349 cm³/mol. The van der Waals surface area contributed by atoms with E-state index in [1.54, 1.807) is 29.5 Å². The Morgan fingerprint density at radius 1 is 0.678 bits per heavy atom. The molecule has 0 saturated heterocycles. The van der Waals surface area contributed by atoms with Crippen molar-refractivity contribution in [3.63, 3.8) is 0 Å². The van der Waals surface area contributed by atoms with E-state index in [0.717, 1.165) is 128 Å². The zero-order valence-electron chi connectivity index (χ0n) is 52.5. The van der Waals surface area contributed by atoms with Crippen LogP contribution in [-0.2, 0) is 70.1 Å². The number of fused-ring (bicyclic) bond motifs is 8. The molecule has 1 amide bonds. The summed E-state index contributed by atoms with van der Waals surface area (Å²) in [5.41, 5.74) is 9.65. The van der Waals surface area contributed by atoms with Crippen molar-refractivity contribution >= 4 is 47.6 Å². The Hall–Kier alpha value is -6.49. The number of methoxy groups -OCH3 is 2. The minimum absolute atomic E-state index is 0.00976. The van der Waals surface area contributed by atoms with Crippen LogP contribution in [0.5, 0.6) is 23.0 Å². The van der Waals surface area contributed by atoms with E-state index in [2.05, 4.69) is 60.4 Å². The maximum absolute atomic E-state index is 15.7. The van der Waals surface area contributed by atoms with Crippen LogP contribution in [0.15, 0.2) is 114 Å². The molecule has 6 aliphatic rings. The minimum Gasteiger partial charge on any atom is -0.497 e. The third-order valence-corrected chi connectivity index (χ3v) is 22.7. The van der Waals surface area contributed by atoms with Crippen LogP contribution in [-0.4, -0.2) is 140 Å². The second kappa shape index (κ2) is 27.4. The van der Waals surface area contributed by atoms with Gasteiger partial charge in [-0.05, 0) is 155 Å². The average Bonchev–Trinajstić information content (AvgIpc) is 1.42. The fourth-order valence-corrected chi connectivity index (χ4v) is 18.5. The predicted octanol–water partition coefficient (Wildman–Crippen LogP) is 12.9. The van der Waals surface area contributed by atoms with Gasteiger partial charge in [0.05, 0.1) is 64.6 Å². The second-order valence-electron chi connectivity index (χ2n) is 24.3. The van der Waals surface area contributed by atoms with Gasteiger partial charge in [0, 0.05) is 102 Å². The van der Waals surface area contributed by atoms with E-state index in [1.807, 2.05) is 91.0 Å². The Morgan fingerprint density at radius 2 is 1.22 bits per heavy atom. The molecule has 0 N–H and O–H groups in total. The molecule has 6 aromatic carbocycles. The summed E-state index contributed by atoms with van der Waals surface area (Å²) in [7, 11) is -2.59. The maximum Gasteiger partial charge on any atom is 0.409 e. The Kier molecular flexibility index (Phi) is 19.4. The second-order valence-corrected chi connectivity index (χ2v) is 28.1. The Labute approximate surface area is 536 Å². The number of aryl methyl sites for hydroxylation is 2. The summed E-state index contributed by atoms with van der Waals surface area (Å²) in [6.07, 6.45) is 6.97. The Bertz CT molecular complexity index is 3580. The van der Waals surface area contributed by atoms with Crippen LogP contribution in [0.4, 0.5) is 16.2 Å². The molecule has 1 spiro atoms. The Balaban J connectivity index is 0.827. The van der Waals surface area contributed by atoms with Gasteiger partial charge >= 0.3 is 6.09 Å². The molecule has 0 bridgehead atoms. The van der Waals surface area contributed by atoms with Gasteiger partial charge in [-0.2, -0.15) is 9.57 Å². The lowest BCUT2D eigenvalue weighted by molar-refractivity contribution is -0.00396. The van der Waals surface area contributed by atoms with Crippen LogP contribution < -0.4 is 24.0 Å². The van der Waals surface area contributed by atoms with Crippen LogP contribution in [0.1, 0.15) is 115 Å². The number of anilines is 2. The summed E-state index contributed by atoms with van der Waals surface area (Å²) in [6, 6.07) is 37.7. The largest absolute Gasteiger partial charge is 0.497 e. The lowest BCUT2D eigenvalue weighted by Crippen LogP contribution is -2.49. The van der Waals surface area contributed by atoms with Crippen molar-refractivity contribution < 1.29 is 50.7 Å². The van der Waals surface area contributed by atoms with Gasteiger partial charge < -0.3 is 52.2 Å². The van der Waals surface area contributed by atoms with E-state index in [4.69, 9.17) is 49.1 Å². The number of carbonyl (C=O) groups is 1. The summed E-state index contributed by atoms with van der Waals surface area (Å²) in [5, 5.41) is 9.75. The molecule has 0 fully saturated rings. The summed E-state index contributed by atoms with van der Waals surface area (Å²) >= 11 is 6.78. The van der Waals surface area contributed by atoms with Crippen molar-refractivity contribution in [1.29, 1.82) is 5.26 Å². The number of ether oxygens (including phenoxy) is 6. The average molecular weight is 1280 g/mol. The minimum atomic E-state index is -4.23. The molecule has 1 unspecified atom stereocenters. The quantitative estimate of drug-likeness (QED) is 0.0302. The third kappa shape index (κ3) is 11.8. The van der Waals surface area contributed by atoms with Gasteiger partial charge in [0.25, 0.3) is 8.53 Å². The Morgan fingerprint density at radius 3 is 1.78 bits per heavy atom. The highest BCUT2D eigenvalue weighted by Crippen LogP contribution is 2.64. The molecule has 1 atom stereocenters. The van der Waals surface area contributed by atoms with Crippen molar-refractivity contribution in [3.05, 3.63) is 170 Å². The number of halogens is 1. The van der Waals surface area contributed by atoms with Crippen LogP contribution in [0, 0.1) is 11.3 Å². The first-order chi connectivity index (χ1) is 43.7. The van der Waals surface area contributed by atoms with Crippen LogP contribution in [0.2, 0.25) is 5.02 Å². The number of hydrogen-bond donors (Lipinski definition) is 0. The summed E-state index contributed by atoms with van der Waals surface area (Å²) in [5.74, 6) is 2.90. The van der Waals surface area contributed by atoms with Crippen molar-refractivity contribution in [1.82, 2.24) is 13.9 Å². The molecular weight excluding hydrogens is 1200 g/mol. The van der Waals surface area contributed by atoms with Crippen molar-refractivity contribution in [3.8, 4) is 29.1 Å². The number of carbonyl (C=O) groups excluding carboxylic acids is 1. The van der Waals surface area contributed by atoms with Crippen molar-refractivity contribution in [2.45, 2.75) is 114 Å². The monoisotopic (exact) mass is 1280 g/mol. The molecule has 20 heteroatoms. The highest BCUT2D eigenvalue weighted by Gasteiger charge is 2.61. The topological polar surface area (TPSA) is 165 Å². The van der Waals surface area contributed by atoms with Gasteiger partial charge in [-0.3, -0.25) is 0 Å². The number of nitrogens with zero attached hydrogens (tertiary/aromatic N) is 6. The van der Waals surface area contributed by atoms with E-state index >= 15 is 8.42 Å². The van der Waals surface area contributed by atoms with Gasteiger partial charge in [-0.25, -0.2) is 17.9 Å².